The molecule has 3 rings (SSSR count). The number of ketones is 1. The number of benzene rings is 2. The molecule has 6 heteroatoms. The number of halogens is 1. The molecule has 2 N–H and O–H groups in total. The van der Waals surface area contributed by atoms with Crippen molar-refractivity contribution >= 4 is 5.78 Å². The van der Waals surface area contributed by atoms with Crippen molar-refractivity contribution in [3.8, 4) is 6.07 Å². The van der Waals surface area contributed by atoms with Gasteiger partial charge in [0.2, 0.25) is 0 Å². The smallest absolute Gasteiger partial charge is 0.154 e. The number of piperazine rings is 1. The zero-order valence-electron chi connectivity index (χ0n) is 17.9. The van der Waals surface area contributed by atoms with Crippen molar-refractivity contribution in [2.45, 2.75) is 25.3 Å². The Morgan fingerprint density at radius 1 is 1.07 bits per heavy atom. The summed E-state index contributed by atoms with van der Waals surface area (Å²) in [4.78, 5) is 17.7. The van der Waals surface area contributed by atoms with Crippen molar-refractivity contribution in [3.05, 3.63) is 71.0 Å². The second-order valence-electron chi connectivity index (χ2n) is 7.42. The zero-order valence-corrected chi connectivity index (χ0v) is 17.9. The van der Waals surface area contributed by atoms with Gasteiger partial charge in [0.05, 0.1) is 17.7 Å². The highest BCUT2D eigenvalue weighted by molar-refractivity contribution is 5.85. The first-order chi connectivity index (χ1) is 14.6. The lowest BCUT2D eigenvalue weighted by Crippen LogP contribution is -2.47. The normalized spacial score (nSPS) is 15.6. The number of hydrogen-bond acceptors (Lipinski definition) is 5. The molecule has 1 unspecified atom stereocenters. The van der Waals surface area contributed by atoms with Crippen LogP contribution in [0.5, 0.6) is 0 Å². The standard InChI is InChI=1S/C23H26FN3O.CH5N/c1-26-13-15-27(16-14-26)23(20-9-5-19(17-25)6-10-20)22(28)4-2-3-18-7-11-21(24)12-8-18;1-2/h5-12,23H,2-4,13-16H2,1H3;2H2,1H3. The first-order valence-electron chi connectivity index (χ1n) is 10.3. The molecular formula is C24H31FN4O. The Morgan fingerprint density at radius 2 is 1.67 bits per heavy atom. The molecule has 160 valence electrons. The van der Waals surface area contributed by atoms with Crippen molar-refractivity contribution in [1.29, 1.82) is 5.26 Å². The van der Waals surface area contributed by atoms with Crippen LogP contribution >= 0.6 is 0 Å². The van der Waals surface area contributed by atoms with Gasteiger partial charge < -0.3 is 10.6 Å². The van der Waals surface area contributed by atoms with Gasteiger partial charge in [-0.15, -0.1) is 0 Å². The number of rotatable bonds is 7. The minimum absolute atomic E-state index is 0.205. The molecule has 1 heterocycles. The predicted molar refractivity (Wildman–Crippen MR) is 117 cm³/mol. The molecule has 0 aromatic heterocycles. The van der Waals surface area contributed by atoms with E-state index >= 15 is 0 Å². The third-order valence-corrected chi connectivity index (χ3v) is 5.37. The average Bonchev–Trinajstić information content (AvgIpc) is 2.78. The number of nitrogens with zero attached hydrogens (tertiary/aromatic N) is 3. The molecule has 2 aromatic rings. The van der Waals surface area contributed by atoms with Crippen LogP contribution < -0.4 is 5.73 Å². The van der Waals surface area contributed by atoms with Gasteiger partial charge in [-0.3, -0.25) is 9.69 Å². The predicted octanol–water partition coefficient (Wildman–Crippen LogP) is 3.15. The van der Waals surface area contributed by atoms with Gasteiger partial charge in [-0.2, -0.15) is 5.26 Å². The Labute approximate surface area is 178 Å². The summed E-state index contributed by atoms with van der Waals surface area (Å²) in [6.07, 6.45) is 1.98. The highest BCUT2D eigenvalue weighted by Crippen LogP contribution is 2.26. The number of nitriles is 1. The van der Waals surface area contributed by atoms with E-state index in [1.807, 2.05) is 12.1 Å². The maximum atomic E-state index is 13.1. The number of likely N-dealkylation sites (N-methyl/N-ethyl adjacent to an activating group) is 1. The van der Waals surface area contributed by atoms with Gasteiger partial charge in [0.15, 0.2) is 5.78 Å². The largest absolute Gasteiger partial charge is 0.333 e. The van der Waals surface area contributed by atoms with Gasteiger partial charge in [0.25, 0.3) is 0 Å². The van der Waals surface area contributed by atoms with Crippen LogP contribution in [0.25, 0.3) is 0 Å². The van der Waals surface area contributed by atoms with Crippen molar-refractivity contribution in [2.75, 3.05) is 40.3 Å². The van der Waals surface area contributed by atoms with Crippen LogP contribution in [0.4, 0.5) is 4.39 Å². The molecule has 0 amide bonds. The third-order valence-electron chi connectivity index (χ3n) is 5.37. The lowest BCUT2D eigenvalue weighted by atomic mass is 9.95. The maximum absolute atomic E-state index is 13.1. The molecule has 30 heavy (non-hydrogen) atoms. The van der Waals surface area contributed by atoms with Crippen LogP contribution in [0.15, 0.2) is 48.5 Å². The van der Waals surface area contributed by atoms with Gasteiger partial charge in [-0.05, 0) is 62.3 Å². The quantitative estimate of drug-likeness (QED) is 0.759. The highest BCUT2D eigenvalue weighted by Gasteiger charge is 2.29. The lowest BCUT2D eigenvalue weighted by molar-refractivity contribution is -0.125. The van der Waals surface area contributed by atoms with E-state index in [2.05, 4.69) is 28.7 Å². The Balaban J connectivity index is 0.00000155. The molecule has 0 spiro atoms. The SMILES string of the molecule is CN.CN1CCN(C(C(=O)CCCc2ccc(F)cc2)c2ccc(C#N)cc2)CC1. The highest BCUT2D eigenvalue weighted by atomic mass is 19.1. The van der Waals surface area contributed by atoms with Crippen LogP contribution in [0.3, 0.4) is 0 Å². The van der Waals surface area contributed by atoms with Crippen LogP contribution in [0.1, 0.15) is 35.6 Å². The van der Waals surface area contributed by atoms with E-state index in [0.29, 0.717) is 12.0 Å². The van der Waals surface area contributed by atoms with Crippen molar-refractivity contribution in [1.82, 2.24) is 9.80 Å². The van der Waals surface area contributed by atoms with E-state index in [-0.39, 0.29) is 17.6 Å². The molecule has 0 saturated carbocycles. The molecule has 0 bridgehead atoms. The Kier molecular flexibility index (Phi) is 9.62. The number of Topliss-reactive ketones (excluding diaryl/α,β-unsaturated/α-hetero) is 1. The van der Waals surface area contributed by atoms with Crippen molar-refractivity contribution in [3.63, 3.8) is 0 Å². The molecule has 1 aliphatic rings. The summed E-state index contributed by atoms with van der Waals surface area (Å²) >= 11 is 0. The average molecular weight is 411 g/mol. The fourth-order valence-corrected chi connectivity index (χ4v) is 3.67. The zero-order chi connectivity index (χ0) is 21.9. The van der Waals surface area contributed by atoms with E-state index in [0.717, 1.165) is 50.1 Å². The molecule has 1 saturated heterocycles. The second-order valence-corrected chi connectivity index (χ2v) is 7.42. The van der Waals surface area contributed by atoms with Crippen LogP contribution in [-0.2, 0) is 11.2 Å². The number of carbonyl (C=O) groups is 1. The number of nitrogens with two attached hydrogens (primary N) is 1. The third kappa shape index (κ3) is 6.74. The summed E-state index contributed by atoms with van der Waals surface area (Å²) in [7, 11) is 3.60. The topological polar surface area (TPSA) is 73.4 Å². The van der Waals surface area contributed by atoms with E-state index in [1.54, 1.807) is 24.3 Å². The van der Waals surface area contributed by atoms with Gasteiger partial charge in [0.1, 0.15) is 5.82 Å². The van der Waals surface area contributed by atoms with Gasteiger partial charge in [-0.25, -0.2) is 4.39 Å². The number of carbonyl (C=O) groups excluding carboxylic acids is 1. The first kappa shape index (κ1) is 23.7. The molecule has 2 aromatic carbocycles. The van der Waals surface area contributed by atoms with E-state index < -0.39 is 0 Å². The summed E-state index contributed by atoms with van der Waals surface area (Å²) in [5, 5.41) is 9.04. The molecule has 0 aliphatic carbocycles. The van der Waals surface area contributed by atoms with Crippen LogP contribution in [0, 0.1) is 17.1 Å². The molecule has 5 nitrogen and oxygen atoms in total. The minimum atomic E-state index is -0.269. The Hall–Kier alpha value is -2.59. The Morgan fingerprint density at radius 3 is 2.23 bits per heavy atom. The summed E-state index contributed by atoms with van der Waals surface area (Å²) in [6, 6.07) is 15.7. The minimum Gasteiger partial charge on any atom is -0.333 e. The van der Waals surface area contributed by atoms with Crippen LogP contribution in [-0.4, -0.2) is 55.9 Å². The van der Waals surface area contributed by atoms with Crippen LogP contribution in [0.2, 0.25) is 0 Å². The molecule has 1 atom stereocenters. The number of aryl methyl sites for hydroxylation is 1. The second kappa shape index (κ2) is 12.2. The van der Waals surface area contributed by atoms with Gasteiger partial charge >= 0.3 is 0 Å². The molecule has 0 radical (unpaired) electrons. The lowest BCUT2D eigenvalue weighted by Gasteiger charge is -2.37. The molecule has 1 fully saturated rings. The maximum Gasteiger partial charge on any atom is 0.154 e. The van der Waals surface area contributed by atoms with Crippen molar-refractivity contribution < 1.29 is 9.18 Å². The fourth-order valence-electron chi connectivity index (χ4n) is 3.67. The first-order valence-corrected chi connectivity index (χ1v) is 10.3. The van der Waals surface area contributed by atoms with E-state index in [4.69, 9.17) is 5.26 Å². The Bertz CT molecular complexity index is 822. The summed E-state index contributed by atoms with van der Waals surface area (Å²) < 4.78 is 13.0. The fraction of sp³-hybridized carbons (Fsp3) is 0.417. The summed E-state index contributed by atoms with van der Waals surface area (Å²) in [5.74, 6) is -0.0351. The molecule has 1 aliphatic heterocycles. The van der Waals surface area contributed by atoms with E-state index in [9.17, 15) is 9.18 Å². The molecular weight excluding hydrogens is 379 g/mol. The summed E-state index contributed by atoms with van der Waals surface area (Å²) in [5.41, 5.74) is 7.10. The van der Waals surface area contributed by atoms with Gasteiger partial charge in [0, 0.05) is 32.6 Å². The van der Waals surface area contributed by atoms with Gasteiger partial charge in [-0.1, -0.05) is 24.3 Å². The number of hydrogen-bond donors (Lipinski definition) is 1. The summed E-state index contributed by atoms with van der Waals surface area (Å²) in [6.45, 7) is 3.58. The monoisotopic (exact) mass is 410 g/mol. The van der Waals surface area contributed by atoms with E-state index in [1.165, 1.54) is 19.2 Å². The van der Waals surface area contributed by atoms with Crippen molar-refractivity contribution in [2.24, 2.45) is 5.73 Å².